The Labute approximate surface area is 171 Å². The molecule has 4 rings (SSSR count). The van der Waals surface area contributed by atoms with Gasteiger partial charge < -0.3 is 5.32 Å². The minimum absolute atomic E-state index is 0.0494. The van der Waals surface area contributed by atoms with Crippen LogP contribution in [0.3, 0.4) is 0 Å². The molecule has 1 atom stereocenters. The van der Waals surface area contributed by atoms with E-state index in [4.69, 9.17) is 11.6 Å². The van der Waals surface area contributed by atoms with Crippen LogP contribution in [0.25, 0.3) is 0 Å². The zero-order chi connectivity index (χ0) is 19.9. The Hall–Kier alpha value is -2.58. The Bertz CT molecular complexity index is 1010. The predicted molar refractivity (Wildman–Crippen MR) is 116 cm³/mol. The van der Waals surface area contributed by atoms with Crippen LogP contribution in [0.2, 0.25) is 5.02 Å². The van der Waals surface area contributed by atoms with Gasteiger partial charge in [0, 0.05) is 16.1 Å². The maximum Gasteiger partial charge on any atom is 0.228 e. The second-order valence-corrected chi connectivity index (χ2v) is 8.35. The van der Waals surface area contributed by atoms with Gasteiger partial charge in [0.1, 0.15) is 0 Å². The number of anilines is 1. The van der Waals surface area contributed by atoms with Crippen LogP contribution in [0.1, 0.15) is 34.2 Å². The Morgan fingerprint density at radius 2 is 1.54 bits per heavy atom. The number of hydrogen-bond acceptors (Lipinski definition) is 1. The lowest BCUT2D eigenvalue weighted by Gasteiger charge is -2.20. The quantitative estimate of drug-likeness (QED) is 0.564. The molecule has 0 heterocycles. The van der Waals surface area contributed by atoms with E-state index in [0.29, 0.717) is 5.02 Å². The third-order valence-corrected chi connectivity index (χ3v) is 6.04. The fourth-order valence-electron chi connectivity index (χ4n) is 4.18. The average molecular weight is 390 g/mol. The molecule has 142 valence electrons. The first-order valence-electron chi connectivity index (χ1n) is 9.61. The van der Waals surface area contributed by atoms with Crippen LogP contribution in [0, 0.1) is 26.7 Å². The van der Waals surface area contributed by atoms with E-state index in [9.17, 15) is 4.79 Å². The van der Waals surface area contributed by atoms with E-state index in [2.05, 4.69) is 67.7 Å². The Kier molecular flexibility index (Phi) is 4.76. The number of nitrogens with one attached hydrogen (secondary N) is 1. The Morgan fingerprint density at radius 3 is 2.11 bits per heavy atom. The van der Waals surface area contributed by atoms with Crippen LogP contribution in [0.15, 0.2) is 66.7 Å². The Morgan fingerprint density at radius 1 is 0.929 bits per heavy atom. The summed E-state index contributed by atoms with van der Waals surface area (Å²) < 4.78 is 0. The molecule has 3 heteroatoms. The van der Waals surface area contributed by atoms with Crippen molar-refractivity contribution in [1.82, 2.24) is 0 Å². The van der Waals surface area contributed by atoms with Crippen LogP contribution in [-0.4, -0.2) is 5.91 Å². The number of rotatable bonds is 4. The van der Waals surface area contributed by atoms with Gasteiger partial charge >= 0.3 is 0 Å². The minimum atomic E-state index is -0.269. The van der Waals surface area contributed by atoms with Crippen LogP contribution in [-0.2, 0) is 10.2 Å². The smallest absolute Gasteiger partial charge is 0.228 e. The molecule has 2 nitrogen and oxygen atoms in total. The van der Waals surface area contributed by atoms with Gasteiger partial charge in [-0.15, -0.1) is 0 Å². The van der Waals surface area contributed by atoms with Crippen LogP contribution < -0.4 is 5.32 Å². The molecule has 1 fully saturated rings. The molecule has 0 spiro atoms. The van der Waals surface area contributed by atoms with Gasteiger partial charge in [0.2, 0.25) is 5.91 Å². The number of hydrogen-bond donors (Lipinski definition) is 1. The van der Waals surface area contributed by atoms with Gasteiger partial charge in [-0.2, -0.15) is 0 Å². The summed E-state index contributed by atoms with van der Waals surface area (Å²) in [5, 5.41) is 3.74. The van der Waals surface area contributed by atoms with Crippen LogP contribution in [0.4, 0.5) is 5.69 Å². The van der Waals surface area contributed by atoms with Crippen molar-refractivity contribution in [2.24, 2.45) is 5.92 Å². The summed E-state index contributed by atoms with van der Waals surface area (Å²) in [4.78, 5) is 13.2. The zero-order valence-electron chi connectivity index (χ0n) is 16.4. The number of benzene rings is 3. The third-order valence-electron chi connectivity index (χ3n) is 5.80. The summed E-state index contributed by atoms with van der Waals surface area (Å²) in [6.45, 7) is 6.17. The standard InChI is InChI=1S/C25H24ClNO/c1-16-6-4-8-19(12-16)25(20-9-5-7-17(2)13-20)15-22(25)24(28)27-23-14-21(26)11-10-18(23)3/h4-14,22H,15H2,1-3H3,(H,27,28). The topological polar surface area (TPSA) is 29.1 Å². The van der Waals surface area contributed by atoms with E-state index in [-0.39, 0.29) is 17.2 Å². The van der Waals surface area contributed by atoms with Crippen molar-refractivity contribution >= 4 is 23.2 Å². The molecule has 1 N–H and O–H groups in total. The summed E-state index contributed by atoms with van der Waals surface area (Å²) in [5.74, 6) is -0.0529. The summed E-state index contributed by atoms with van der Waals surface area (Å²) in [6.07, 6.45) is 0.811. The summed E-state index contributed by atoms with van der Waals surface area (Å²) in [5.41, 5.74) is 6.36. The fourth-order valence-corrected chi connectivity index (χ4v) is 4.35. The van der Waals surface area contributed by atoms with Gasteiger partial charge in [-0.3, -0.25) is 4.79 Å². The normalized spacial score (nSPS) is 17.2. The molecular formula is C25H24ClNO. The first-order chi connectivity index (χ1) is 13.4. The van der Waals surface area contributed by atoms with Crippen LogP contribution >= 0.6 is 11.6 Å². The molecule has 0 radical (unpaired) electrons. The SMILES string of the molecule is Cc1cccc(C2(c3cccc(C)c3)CC2C(=O)Nc2cc(Cl)ccc2C)c1. The van der Waals surface area contributed by atoms with Gasteiger partial charge in [-0.1, -0.05) is 77.3 Å². The van der Waals surface area contributed by atoms with E-state index in [1.807, 2.05) is 25.1 Å². The minimum Gasteiger partial charge on any atom is -0.326 e. The van der Waals surface area contributed by atoms with Crippen molar-refractivity contribution in [3.8, 4) is 0 Å². The number of carbonyl (C=O) groups is 1. The molecule has 0 aliphatic heterocycles. The van der Waals surface area contributed by atoms with Gasteiger partial charge in [0.25, 0.3) is 0 Å². The number of carbonyl (C=O) groups excluding carboxylic acids is 1. The first kappa shape index (κ1) is 18.8. The maximum atomic E-state index is 13.2. The Balaban J connectivity index is 1.71. The van der Waals surface area contributed by atoms with Crippen molar-refractivity contribution in [3.63, 3.8) is 0 Å². The molecule has 3 aromatic rings. The fraction of sp³-hybridized carbons (Fsp3) is 0.240. The van der Waals surface area contributed by atoms with Gasteiger partial charge in [-0.25, -0.2) is 0 Å². The first-order valence-corrected chi connectivity index (χ1v) is 9.99. The van der Waals surface area contributed by atoms with E-state index in [0.717, 1.165) is 17.7 Å². The highest BCUT2D eigenvalue weighted by atomic mass is 35.5. The summed E-state index contributed by atoms with van der Waals surface area (Å²) in [7, 11) is 0. The second kappa shape index (κ2) is 7.10. The molecule has 0 aromatic heterocycles. The molecule has 1 unspecified atom stereocenters. The van der Waals surface area contributed by atoms with E-state index < -0.39 is 0 Å². The van der Waals surface area contributed by atoms with Gasteiger partial charge in [-0.05, 0) is 56.0 Å². The highest BCUT2D eigenvalue weighted by Gasteiger charge is 2.60. The van der Waals surface area contributed by atoms with E-state index in [1.165, 1.54) is 22.3 Å². The molecule has 0 saturated heterocycles. The number of amides is 1. The van der Waals surface area contributed by atoms with Crippen LogP contribution in [0.5, 0.6) is 0 Å². The summed E-state index contributed by atoms with van der Waals surface area (Å²) >= 11 is 6.13. The summed E-state index contributed by atoms with van der Waals surface area (Å²) in [6, 6.07) is 22.7. The molecule has 28 heavy (non-hydrogen) atoms. The van der Waals surface area contributed by atoms with Gasteiger partial charge in [0.15, 0.2) is 0 Å². The van der Waals surface area contributed by atoms with Crippen molar-refractivity contribution < 1.29 is 4.79 Å². The zero-order valence-corrected chi connectivity index (χ0v) is 17.2. The average Bonchev–Trinajstić information content (AvgIpc) is 3.42. The van der Waals surface area contributed by atoms with Gasteiger partial charge in [0.05, 0.1) is 5.92 Å². The second-order valence-electron chi connectivity index (χ2n) is 7.92. The molecule has 0 bridgehead atoms. The highest BCUT2D eigenvalue weighted by molar-refractivity contribution is 6.31. The lowest BCUT2D eigenvalue weighted by Crippen LogP contribution is -2.22. The molecule has 1 aliphatic rings. The van der Waals surface area contributed by atoms with E-state index >= 15 is 0 Å². The molecule has 1 aliphatic carbocycles. The van der Waals surface area contributed by atoms with Crippen molar-refractivity contribution in [3.05, 3.63) is 99.6 Å². The molecule has 1 saturated carbocycles. The monoisotopic (exact) mass is 389 g/mol. The molecular weight excluding hydrogens is 366 g/mol. The maximum absolute atomic E-state index is 13.2. The predicted octanol–water partition coefficient (Wildman–Crippen LogP) is 6.21. The molecule has 1 amide bonds. The lowest BCUT2D eigenvalue weighted by atomic mass is 9.84. The van der Waals surface area contributed by atoms with Crippen molar-refractivity contribution in [1.29, 1.82) is 0 Å². The van der Waals surface area contributed by atoms with Crippen molar-refractivity contribution in [2.75, 3.05) is 5.32 Å². The largest absolute Gasteiger partial charge is 0.326 e. The van der Waals surface area contributed by atoms with E-state index in [1.54, 1.807) is 0 Å². The lowest BCUT2D eigenvalue weighted by molar-refractivity contribution is -0.117. The molecule has 3 aromatic carbocycles. The number of aryl methyl sites for hydroxylation is 3. The third kappa shape index (κ3) is 3.33. The number of halogens is 1. The highest BCUT2D eigenvalue weighted by Crippen LogP contribution is 2.59. The van der Waals surface area contributed by atoms with Crippen molar-refractivity contribution in [2.45, 2.75) is 32.6 Å².